The summed E-state index contributed by atoms with van der Waals surface area (Å²) in [6.45, 7) is -2.87. The number of alkyl halides is 2. The molecule has 0 aliphatic carbocycles. The second kappa shape index (κ2) is 6.43. The molecule has 0 atom stereocenters. The van der Waals surface area contributed by atoms with Crippen molar-refractivity contribution in [1.82, 2.24) is 4.98 Å². The minimum atomic E-state index is -2.87. The van der Waals surface area contributed by atoms with Crippen LogP contribution < -0.4 is 4.74 Å². The number of allylic oxidation sites excluding steroid dienone is 1. The van der Waals surface area contributed by atoms with Crippen molar-refractivity contribution in [2.45, 2.75) is 6.61 Å². The fraction of sp³-hybridized carbons (Fsp3) is 0.0667. The Balaban J connectivity index is 2.31. The Morgan fingerprint density at radius 1 is 1.25 bits per heavy atom. The van der Waals surface area contributed by atoms with Gasteiger partial charge in [-0.05, 0) is 35.9 Å². The molecule has 0 unspecified atom stereocenters. The second-order valence-electron chi connectivity index (χ2n) is 3.84. The van der Waals surface area contributed by atoms with Gasteiger partial charge in [0, 0.05) is 6.20 Å². The van der Waals surface area contributed by atoms with Gasteiger partial charge in [-0.3, -0.25) is 4.98 Å². The molecule has 100 valence electrons. The lowest BCUT2D eigenvalue weighted by Crippen LogP contribution is -2.01. The summed E-state index contributed by atoms with van der Waals surface area (Å²) in [6.07, 6.45) is 3.15. The van der Waals surface area contributed by atoms with Crippen molar-refractivity contribution in [2.24, 2.45) is 0 Å². The highest BCUT2D eigenvalue weighted by Gasteiger charge is 2.05. The lowest BCUT2D eigenvalue weighted by Gasteiger charge is -2.05. The molecule has 2 aromatic rings. The fourth-order valence-corrected chi connectivity index (χ4v) is 1.63. The van der Waals surface area contributed by atoms with Gasteiger partial charge in [0.25, 0.3) is 0 Å². The molecule has 0 N–H and O–H groups in total. The molecule has 0 saturated carbocycles. The van der Waals surface area contributed by atoms with Crippen LogP contribution in [0.15, 0.2) is 48.7 Å². The van der Waals surface area contributed by atoms with Crippen LogP contribution in [0, 0.1) is 11.3 Å². The van der Waals surface area contributed by atoms with E-state index in [0.717, 1.165) is 0 Å². The van der Waals surface area contributed by atoms with Crippen LogP contribution in [0.4, 0.5) is 8.78 Å². The van der Waals surface area contributed by atoms with Crippen LogP contribution in [-0.4, -0.2) is 11.6 Å². The average Bonchev–Trinajstić information content (AvgIpc) is 2.45. The van der Waals surface area contributed by atoms with Gasteiger partial charge in [0.2, 0.25) is 0 Å². The Labute approximate surface area is 114 Å². The summed E-state index contributed by atoms with van der Waals surface area (Å²) in [5.41, 5.74) is 1.46. The number of halogens is 2. The normalized spacial score (nSPS) is 11.2. The minimum Gasteiger partial charge on any atom is -0.435 e. The molecule has 1 heterocycles. The van der Waals surface area contributed by atoms with Crippen LogP contribution in [0.3, 0.4) is 0 Å². The third kappa shape index (κ3) is 3.62. The first-order chi connectivity index (χ1) is 9.69. The van der Waals surface area contributed by atoms with Crippen molar-refractivity contribution in [3.63, 3.8) is 0 Å². The predicted octanol–water partition coefficient (Wildman–Crippen LogP) is 3.75. The zero-order valence-corrected chi connectivity index (χ0v) is 10.3. The number of hydrogen-bond acceptors (Lipinski definition) is 3. The van der Waals surface area contributed by atoms with E-state index in [1.54, 1.807) is 42.6 Å². The predicted molar refractivity (Wildman–Crippen MR) is 70.8 cm³/mol. The summed E-state index contributed by atoms with van der Waals surface area (Å²) in [6, 6.07) is 13.4. The third-order valence-electron chi connectivity index (χ3n) is 2.46. The summed E-state index contributed by atoms with van der Waals surface area (Å²) in [4.78, 5) is 4.07. The molecule has 3 nitrogen and oxygen atoms in total. The molecule has 5 heteroatoms. The smallest absolute Gasteiger partial charge is 0.387 e. The molecule has 20 heavy (non-hydrogen) atoms. The van der Waals surface area contributed by atoms with Crippen LogP contribution in [0.25, 0.3) is 11.6 Å². The molecule has 0 aliphatic heterocycles. The maximum atomic E-state index is 12.1. The molecule has 0 aliphatic rings. The van der Waals surface area contributed by atoms with Gasteiger partial charge in [0.05, 0.1) is 11.3 Å². The minimum absolute atomic E-state index is 0.0482. The lowest BCUT2D eigenvalue weighted by molar-refractivity contribution is -0.0498. The molecule has 0 saturated heterocycles. The lowest BCUT2D eigenvalue weighted by atomic mass is 10.1. The van der Waals surface area contributed by atoms with Gasteiger partial charge in [-0.25, -0.2) is 0 Å². The largest absolute Gasteiger partial charge is 0.435 e. The number of benzene rings is 1. The highest BCUT2D eigenvalue weighted by molar-refractivity contribution is 5.88. The van der Waals surface area contributed by atoms with Gasteiger partial charge in [-0.15, -0.1) is 0 Å². The number of rotatable bonds is 4. The molecular formula is C15H10F2N2O. The maximum Gasteiger partial charge on any atom is 0.387 e. The van der Waals surface area contributed by atoms with Crippen molar-refractivity contribution in [2.75, 3.05) is 0 Å². The van der Waals surface area contributed by atoms with E-state index in [1.807, 2.05) is 6.07 Å². The SMILES string of the molecule is N#CC(=Cc1cccc(OC(F)F)c1)c1ccccn1. The van der Waals surface area contributed by atoms with E-state index in [-0.39, 0.29) is 5.75 Å². The van der Waals surface area contributed by atoms with Gasteiger partial charge < -0.3 is 4.74 Å². The van der Waals surface area contributed by atoms with E-state index in [1.165, 1.54) is 12.1 Å². The maximum absolute atomic E-state index is 12.1. The fourth-order valence-electron chi connectivity index (χ4n) is 1.63. The number of aromatic nitrogens is 1. The molecular weight excluding hydrogens is 262 g/mol. The third-order valence-corrected chi connectivity index (χ3v) is 2.46. The summed E-state index contributed by atoms with van der Waals surface area (Å²) >= 11 is 0. The first kappa shape index (κ1) is 13.7. The summed E-state index contributed by atoms with van der Waals surface area (Å²) in [7, 11) is 0. The molecule has 0 radical (unpaired) electrons. The zero-order chi connectivity index (χ0) is 14.4. The Hall–Kier alpha value is -2.74. The molecule has 2 rings (SSSR count). The number of ether oxygens (including phenoxy) is 1. The van der Waals surface area contributed by atoms with E-state index in [9.17, 15) is 8.78 Å². The van der Waals surface area contributed by atoms with Crippen molar-refractivity contribution < 1.29 is 13.5 Å². The average molecular weight is 272 g/mol. The van der Waals surface area contributed by atoms with E-state index in [0.29, 0.717) is 16.8 Å². The van der Waals surface area contributed by atoms with Gasteiger partial charge >= 0.3 is 6.61 Å². The second-order valence-corrected chi connectivity index (χ2v) is 3.84. The Morgan fingerprint density at radius 3 is 2.75 bits per heavy atom. The highest BCUT2D eigenvalue weighted by Crippen LogP contribution is 2.20. The number of nitrogens with zero attached hydrogens (tertiary/aromatic N) is 2. The molecule has 1 aromatic heterocycles. The topological polar surface area (TPSA) is 45.9 Å². The number of nitriles is 1. The quantitative estimate of drug-likeness (QED) is 0.796. The van der Waals surface area contributed by atoms with Crippen LogP contribution in [-0.2, 0) is 0 Å². The molecule has 0 bridgehead atoms. The summed E-state index contributed by atoms with van der Waals surface area (Å²) < 4.78 is 28.6. The Bertz CT molecular complexity index is 648. The van der Waals surface area contributed by atoms with Gasteiger partial charge in [-0.2, -0.15) is 14.0 Å². The first-order valence-electron chi connectivity index (χ1n) is 5.77. The van der Waals surface area contributed by atoms with Gasteiger partial charge in [0.15, 0.2) is 0 Å². The molecule has 0 amide bonds. The number of hydrogen-bond donors (Lipinski definition) is 0. The molecule has 1 aromatic carbocycles. The van der Waals surface area contributed by atoms with Crippen LogP contribution in [0.2, 0.25) is 0 Å². The van der Waals surface area contributed by atoms with Crippen LogP contribution >= 0.6 is 0 Å². The van der Waals surface area contributed by atoms with Crippen molar-refractivity contribution in [1.29, 1.82) is 5.26 Å². The van der Waals surface area contributed by atoms with E-state index in [4.69, 9.17) is 5.26 Å². The summed E-state index contributed by atoms with van der Waals surface area (Å²) in [5.74, 6) is 0.0482. The number of pyridine rings is 1. The standard InChI is InChI=1S/C15H10F2N2O/c16-15(17)20-13-5-3-4-11(9-13)8-12(10-18)14-6-1-2-7-19-14/h1-9,15H. The Morgan fingerprint density at radius 2 is 2.10 bits per heavy atom. The van der Waals surface area contributed by atoms with Crippen LogP contribution in [0.5, 0.6) is 5.75 Å². The van der Waals surface area contributed by atoms with E-state index in [2.05, 4.69) is 9.72 Å². The van der Waals surface area contributed by atoms with Crippen molar-refractivity contribution in [3.8, 4) is 11.8 Å². The first-order valence-corrected chi connectivity index (χ1v) is 5.77. The molecule has 0 spiro atoms. The van der Waals surface area contributed by atoms with Crippen molar-refractivity contribution in [3.05, 3.63) is 59.9 Å². The monoisotopic (exact) mass is 272 g/mol. The molecule has 0 fully saturated rings. The zero-order valence-electron chi connectivity index (χ0n) is 10.3. The van der Waals surface area contributed by atoms with E-state index < -0.39 is 6.61 Å². The van der Waals surface area contributed by atoms with Crippen molar-refractivity contribution >= 4 is 11.6 Å². The van der Waals surface area contributed by atoms with E-state index >= 15 is 0 Å². The summed E-state index contributed by atoms with van der Waals surface area (Å²) in [5, 5.41) is 9.15. The Kier molecular flexibility index (Phi) is 4.40. The highest BCUT2D eigenvalue weighted by atomic mass is 19.3. The van der Waals surface area contributed by atoms with Gasteiger partial charge in [-0.1, -0.05) is 18.2 Å². The van der Waals surface area contributed by atoms with Gasteiger partial charge in [0.1, 0.15) is 11.8 Å². The van der Waals surface area contributed by atoms with Crippen LogP contribution in [0.1, 0.15) is 11.3 Å².